The van der Waals surface area contributed by atoms with E-state index >= 15 is 0 Å². The van der Waals surface area contributed by atoms with Crippen molar-refractivity contribution in [2.75, 3.05) is 0 Å². The first-order chi connectivity index (χ1) is 11.2. The van der Waals surface area contributed by atoms with Crippen LogP contribution < -0.4 is 0 Å². The van der Waals surface area contributed by atoms with Crippen LogP contribution in [0.4, 0.5) is 0 Å². The number of nitrogens with zero attached hydrogens (tertiary/aromatic N) is 3. The summed E-state index contributed by atoms with van der Waals surface area (Å²) in [5.74, 6) is 0.225. The second-order valence-electron chi connectivity index (χ2n) is 5.52. The molecule has 0 bridgehead atoms. The molecule has 0 aliphatic rings. The van der Waals surface area contributed by atoms with Gasteiger partial charge in [-0.15, -0.1) is 0 Å². The molecule has 2 aromatic heterocycles. The molecule has 0 fully saturated rings. The lowest BCUT2D eigenvalue weighted by Gasteiger charge is -2.08. The van der Waals surface area contributed by atoms with Crippen molar-refractivity contribution in [2.24, 2.45) is 7.05 Å². The summed E-state index contributed by atoms with van der Waals surface area (Å²) in [6.07, 6.45) is 3.64. The number of phenolic OH excluding ortho intramolecular Hbond substituents is 1. The molecule has 23 heavy (non-hydrogen) atoms. The second kappa shape index (κ2) is 5.25. The highest BCUT2D eigenvalue weighted by Gasteiger charge is 2.14. The summed E-state index contributed by atoms with van der Waals surface area (Å²) >= 11 is 0. The second-order valence-corrected chi connectivity index (χ2v) is 5.52. The summed E-state index contributed by atoms with van der Waals surface area (Å²) in [5.41, 5.74) is 4.82. The number of rotatable bonds is 2. The van der Waals surface area contributed by atoms with Crippen molar-refractivity contribution in [2.45, 2.75) is 0 Å². The fraction of sp³-hybridized carbons (Fsp3) is 0.0526. The van der Waals surface area contributed by atoms with Gasteiger partial charge in [0, 0.05) is 35.8 Å². The molecule has 0 aliphatic heterocycles. The third kappa shape index (κ3) is 2.34. The maximum atomic E-state index is 9.57. The monoisotopic (exact) mass is 301 g/mol. The first-order valence-corrected chi connectivity index (χ1v) is 7.38. The van der Waals surface area contributed by atoms with Gasteiger partial charge in [0.1, 0.15) is 5.75 Å². The Hall–Kier alpha value is -3.14. The number of pyridine rings is 1. The van der Waals surface area contributed by atoms with Gasteiger partial charge in [0.15, 0.2) is 0 Å². The molecule has 0 saturated heterocycles. The summed E-state index contributed by atoms with van der Waals surface area (Å²) in [7, 11) is 1.98. The lowest BCUT2D eigenvalue weighted by atomic mass is 10.0. The van der Waals surface area contributed by atoms with Gasteiger partial charge in [-0.2, -0.15) is 0 Å². The van der Waals surface area contributed by atoms with Gasteiger partial charge in [0.2, 0.25) is 0 Å². The first kappa shape index (κ1) is 13.5. The van der Waals surface area contributed by atoms with E-state index in [-0.39, 0.29) is 5.75 Å². The molecule has 4 rings (SSSR count). The highest BCUT2D eigenvalue weighted by molar-refractivity contribution is 5.87. The Labute approximate surface area is 133 Å². The molecule has 0 aliphatic carbocycles. The number of benzene rings is 2. The standard InChI is InChI=1S/C19H15N3O/c1-22-12-21-18(13-5-3-2-4-6-13)19(22)15-9-14-7-8-16(23)10-17(14)20-11-15/h2-12,23H,1H3. The lowest BCUT2D eigenvalue weighted by molar-refractivity contribution is 0.476. The number of fused-ring (bicyclic) bond motifs is 1. The largest absolute Gasteiger partial charge is 0.508 e. The Kier molecular flexibility index (Phi) is 3.08. The van der Waals surface area contributed by atoms with E-state index in [4.69, 9.17) is 0 Å². The van der Waals surface area contributed by atoms with Crippen LogP contribution in [0.1, 0.15) is 0 Å². The third-order valence-corrected chi connectivity index (χ3v) is 3.93. The van der Waals surface area contributed by atoms with Crippen LogP contribution in [0.15, 0.2) is 67.1 Å². The average molecular weight is 301 g/mol. The van der Waals surface area contributed by atoms with Crippen LogP contribution >= 0.6 is 0 Å². The molecule has 0 atom stereocenters. The number of hydrogen-bond acceptors (Lipinski definition) is 3. The zero-order valence-electron chi connectivity index (χ0n) is 12.6. The topological polar surface area (TPSA) is 50.9 Å². The van der Waals surface area contributed by atoms with Gasteiger partial charge in [-0.3, -0.25) is 4.98 Å². The molecule has 0 radical (unpaired) electrons. The van der Waals surface area contributed by atoms with Gasteiger partial charge in [-0.05, 0) is 18.2 Å². The van der Waals surface area contributed by atoms with Crippen molar-refractivity contribution in [1.29, 1.82) is 0 Å². The average Bonchev–Trinajstić information content (AvgIpc) is 2.97. The van der Waals surface area contributed by atoms with Crippen LogP contribution in [0.3, 0.4) is 0 Å². The van der Waals surface area contributed by atoms with E-state index in [0.29, 0.717) is 0 Å². The fourth-order valence-electron chi connectivity index (χ4n) is 2.82. The molecular weight excluding hydrogens is 286 g/mol. The summed E-state index contributed by atoms with van der Waals surface area (Å²) in [6, 6.07) is 17.4. The van der Waals surface area contributed by atoms with Crippen LogP contribution in [-0.2, 0) is 7.05 Å². The Morgan fingerprint density at radius 1 is 0.913 bits per heavy atom. The van der Waals surface area contributed by atoms with Gasteiger partial charge in [-0.25, -0.2) is 4.98 Å². The van der Waals surface area contributed by atoms with Gasteiger partial charge < -0.3 is 9.67 Å². The zero-order chi connectivity index (χ0) is 15.8. The van der Waals surface area contributed by atoms with E-state index in [1.165, 1.54) is 0 Å². The molecule has 4 nitrogen and oxygen atoms in total. The fourth-order valence-corrected chi connectivity index (χ4v) is 2.82. The molecule has 112 valence electrons. The van der Waals surface area contributed by atoms with Gasteiger partial charge in [0.25, 0.3) is 0 Å². The molecule has 0 unspecified atom stereocenters. The number of aromatic hydroxyl groups is 1. The molecule has 0 saturated carbocycles. The zero-order valence-corrected chi connectivity index (χ0v) is 12.6. The van der Waals surface area contributed by atoms with Gasteiger partial charge in [0.05, 0.1) is 23.2 Å². The van der Waals surface area contributed by atoms with Gasteiger partial charge >= 0.3 is 0 Å². The summed E-state index contributed by atoms with van der Waals surface area (Å²) in [4.78, 5) is 9.02. The van der Waals surface area contributed by atoms with Crippen LogP contribution in [-0.4, -0.2) is 19.6 Å². The Balaban J connectivity index is 1.91. The van der Waals surface area contributed by atoms with Crippen LogP contribution in [0, 0.1) is 0 Å². The highest BCUT2D eigenvalue weighted by atomic mass is 16.3. The van der Waals surface area contributed by atoms with E-state index in [9.17, 15) is 5.11 Å². The van der Waals surface area contributed by atoms with E-state index in [2.05, 4.69) is 28.2 Å². The number of aromatic nitrogens is 3. The minimum absolute atomic E-state index is 0.225. The van der Waals surface area contributed by atoms with Crippen LogP contribution in [0.25, 0.3) is 33.4 Å². The van der Waals surface area contributed by atoms with Crippen molar-refractivity contribution in [3.8, 4) is 28.3 Å². The smallest absolute Gasteiger partial charge is 0.117 e. The van der Waals surface area contributed by atoms with Crippen molar-refractivity contribution in [3.05, 3.63) is 67.1 Å². The number of hydrogen-bond donors (Lipinski definition) is 1. The predicted molar refractivity (Wildman–Crippen MR) is 91.0 cm³/mol. The summed E-state index contributed by atoms with van der Waals surface area (Å²) in [6.45, 7) is 0. The Bertz CT molecular complexity index is 990. The number of phenols is 1. The SMILES string of the molecule is Cn1cnc(-c2ccccc2)c1-c1cnc2cc(O)ccc2c1. The molecule has 0 amide bonds. The normalized spacial score (nSPS) is 11.0. The molecule has 2 aromatic carbocycles. The minimum atomic E-state index is 0.225. The molecule has 4 aromatic rings. The van der Waals surface area contributed by atoms with E-state index in [0.717, 1.165) is 33.4 Å². The molecular formula is C19H15N3O. The maximum Gasteiger partial charge on any atom is 0.117 e. The molecule has 1 N–H and O–H groups in total. The van der Waals surface area contributed by atoms with Crippen LogP contribution in [0.2, 0.25) is 0 Å². The molecule has 4 heteroatoms. The summed E-state index contributed by atoms with van der Waals surface area (Å²) in [5, 5.41) is 10.6. The third-order valence-electron chi connectivity index (χ3n) is 3.93. The Morgan fingerprint density at radius 3 is 2.57 bits per heavy atom. The molecule has 2 heterocycles. The number of imidazole rings is 1. The van der Waals surface area contributed by atoms with Crippen LogP contribution in [0.5, 0.6) is 5.75 Å². The molecule has 0 spiro atoms. The first-order valence-electron chi connectivity index (χ1n) is 7.38. The minimum Gasteiger partial charge on any atom is -0.508 e. The van der Waals surface area contributed by atoms with Crippen molar-refractivity contribution < 1.29 is 5.11 Å². The number of aryl methyl sites for hydroxylation is 1. The summed E-state index contributed by atoms with van der Waals surface area (Å²) < 4.78 is 2.01. The van der Waals surface area contributed by atoms with Crippen molar-refractivity contribution in [3.63, 3.8) is 0 Å². The Morgan fingerprint density at radius 2 is 1.74 bits per heavy atom. The highest BCUT2D eigenvalue weighted by Crippen LogP contribution is 2.32. The predicted octanol–water partition coefficient (Wildman–Crippen LogP) is 4.01. The lowest BCUT2D eigenvalue weighted by Crippen LogP contribution is -1.93. The van der Waals surface area contributed by atoms with Crippen molar-refractivity contribution in [1.82, 2.24) is 14.5 Å². The maximum absolute atomic E-state index is 9.57. The van der Waals surface area contributed by atoms with E-state index in [1.807, 2.05) is 48.4 Å². The quantitative estimate of drug-likeness (QED) is 0.608. The van der Waals surface area contributed by atoms with E-state index in [1.54, 1.807) is 12.1 Å². The van der Waals surface area contributed by atoms with Crippen molar-refractivity contribution >= 4 is 10.9 Å². The van der Waals surface area contributed by atoms with E-state index < -0.39 is 0 Å². The van der Waals surface area contributed by atoms with Gasteiger partial charge in [-0.1, -0.05) is 30.3 Å².